The molecule has 1 saturated heterocycles. The zero-order valence-electron chi connectivity index (χ0n) is 80.3. The number of carboxylic acid groups (broad SMARTS) is 1. The van der Waals surface area contributed by atoms with E-state index in [0.29, 0.717) is 56.6 Å². The van der Waals surface area contributed by atoms with Crippen molar-refractivity contribution in [3.63, 3.8) is 0 Å². The monoisotopic (exact) mass is 2160 g/mol. The van der Waals surface area contributed by atoms with Crippen molar-refractivity contribution in [1.82, 2.24) is 11.0 Å². The first-order valence-corrected chi connectivity index (χ1v) is 62.0. The molecule has 2 amide bonds. The van der Waals surface area contributed by atoms with Crippen LogP contribution in [0.5, 0.6) is 0 Å². The van der Waals surface area contributed by atoms with Crippen molar-refractivity contribution in [3.05, 3.63) is 183 Å². The summed E-state index contributed by atoms with van der Waals surface area (Å²) in [5.74, 6) is -4.58. The number of benzene rings is 5. The molecule has 11 rings (SSSR count). The third-order valence-electron chi connectivity index (χ3n) is 23.7. The number of hydrogen-bond donors (Lipinski definition) is 4. The van der Waals surface area contributed by atoms with Crippen LogP contribution in [0.3, 0.4) is 0 Å². The minimum absolute atomic E-state index is 0.00554. The van der Waals surface area contributed by atoms with Crippen LogP contribution in [-0.2, 0) is 158 Å². The van der Waals surface area contributed by atoms with E-state index in [1.54, 1.807) is 13.8 Å². The van der Waals surface area contributed by atoms with E-state index in [9.17, 15) is 71.2 Å². The number of rotatable bonds is 37. The van der Waals surface area contributed by atoms with E-state index >= 15 is 0 Å². The number of esters is 2. The van der Waals surface area contributed by atoms with Crippen molar-refractivity contribution < 1.29 is 136 Å². The third-order valence-corrected chi connectivity index (χ3v) is 34.1. The number of amides is 2. The molecule has 0 radical (unpaired) electrons. The first-order valence-electron chi connectivity index (χ1n) is 44.8. The summed E-state index contributed by atoms with van der Waals surface area (Å²) in [6.45, 7) is 24.7. The van der Waals surface area contributed by atoms with E-state index < -0.39 is 139 Å². The fourth-order valence-corrected chi connectivity index (χ4v) is 19.2. The van der Waals surface area contributed by atoms with Crippen LogP contribution in [0.2, 0.25) is 0 Å². The van der Waals surface area contributed by atoms with Crippen molar-refractivity contribution in [2.75, 3.05) is 51.1 Å². The Hall–Kier alpha value is -7.99. The number of sulfone groups is 5. The van der Waals surface area contributed by atoms with Crippen molar-refractivity contribution in [3.8, 4) is 0 Å². The van der Waals surface area contributed by atoms with Gasteiger partial charge in [0.05, 0.1) is 41.8 Å². The molecule has 11 atom stereocenters. The van der Waals surface area contributed by atoms with E-state index in [4.69, 9.17) is 48.4 Å². The third kappa shape index (κ3) is 33.6. The summed E-state index contributed by atoms with van der Waals surface area (Å²) in [6, 6.07) is 39.8. The molecule has 5 aromatic rings. The number of ether oxygens (including phenoxy) is 3. The molecule has 1 fully saturated rings. The number of aliphatic carboxylic acids is 1. The zero-order chi connectivity index (χ0) is 101. The van der Waals surface area contributed by atoms with Crippen LogP contribution in [0.1, 0.15) is 249 Å². The summed E-state index contributed by atoms with van der Waals surface area (Å²) < 4.78 is 129. The Bertz CT molecular complexity index is 5500. The number of halogens is 2. The van der Waals surface area contributed by atoms with Crippen LogP contribution in [0, 0.1) is 6.92 Å². The molecule has 6 aliphatic rings. The summed E-state index contributed by atoms with van der Waals surface area (Å²) in [7, 11) is -18.6. The number of oxime groups is 5. The van der Waals surface area contributed by atoms with E-state index in [1.165, 1.54) is 78.7 Å². The van der Waals surface area contributed by atoms with Gasteiger partial charge < -0.3 is 50.4 Å². The Balaban J connectivity index is 0.000000295. The molecule has 0 bridgehead atoms. The van der Waals surface area contributed by atoms with Gasteiger partial charge in [0, 0.05) is 113 Å². The standard InChI is InChI=1S/C22H32N2O6S.C19H27NO5S.C17H24N2O5S.C17H23NO5S.C16H20BrNO5S.C3H7.BrH.Zn/c1-4-7-16-9-11-17(12-10-16)19-14-18(29-23-19)15-22(2,31(3,26)27)21(25)24-30-20-8-5-6-13-28-20;1-5-7-14-8-10-15(11-9-14)17-12-16(25-20-17)13-19(3,26(4,22)23)18(21)24-6-2;1-4-5-12-6-8-13(9-7-12)15-10-14(24-19-15)11-17(2,16(20)18-21)25(3,22)23;1-4-5-12-6-8-13(9-7-12)15-10-14(23-18-15)11-17(2,16(19)20)24(3,21)22;1-4-22-15(19)16(2,24(3,20)21)10-13-9-14(18-23-13)11-5-7-12(17)8-6-11;1-3-2;;/h9-12,18,20H,4-8,13-15H2,1-3H3,(H,24,25);8-11,16H,5-7,12-13H2,1-4H3;6-9,14,21H,4-5,10-11H2,1-3H3,(H,18,20);6-9,14H,4-5,10-11H2,1-3H3,(H,19,20);5-8,13H,4,9-10H2,1-3H3;1,3H2,2H3;1H;/q;;;;;-1;;+2/p-1/t18-,20?,22-;16-,19-;2*14-,17-;13-,16-;;;/m11111.../s1. The summed E-state index contributed by atoms with van der Waals surface area (Å²) in [5.41, 5.74) is 17.0. The Morgan fingerprint density at radius 1 is 0.415 bits per heavy atom. The van der Waals surface area contributed by atoms with Gasteiger partial charge in [-0.05, 0) is 149 Å². The normalized spacial score (nSPS) is 20.1. The molecule has 6 aliphatic heterocycles. The molecular weight excluding hydrogens is 2030 g/mol. The predicted molar refractivity (Wildman–Crippen MR) is 524 cm³/mol. The number of nitrogens with zero attached hydrogens (tertiary/aromatic N) is 5. The van der Waals surface area contributed by atoms with E-state index in [-0.39, 0.29) is 45.3 Å². The second kappa shape index (κ2) is 54.0. The second-order valence-electron chi connectivity index (χ2n) is 34.7. The van der Waals surface area contributed by atoms with Crippen LogP contribution < -0.4 is 11.0 Å². The Kier molecular flexibility index (Phi) is 47.0. The van der Waals surface area contributed by atoms with Crippen molar-refractivity contribution in [1.29, 1.82) is 0 Å². The van der Waals surface area contributed by atoms with Crippen LogP contribution in [0.15, 0.2) is 152 Å². The second-order valence-corrected chi connectivity index (χ2v) is 47.9. The predicted octanol–water partition coefficient (Wildman–Crippen LogP) is 14.8. The van der Waals surface area contributed by atoms with Gasteiger partial charge >= 0.3 is 47.9 Å². The minimum atomic E-state index is -3.78. The van der Waals surface area contributed by atoms with Crippen molar-refractivity contribution >= 4 is 137 Å². The quantitative estimate of drug-likeness (QED) is 0.00943. The number of hydroxylamine groups is 2. The van der Waals surface area contributed by atoms with E-state index in [2.05, 4.69) is 120 Å². The number of nitrogens with one attached hydrogen (secondary N) is 2. The van der Waals surface area contributed by atoms with Gasteiger partial charge in [-0.25, -0.2) is 57.9 Å². The molecule has 135 heavy (non-hydrogen) atoms. The number of carbonyl (C=O) groups is 5. The number of aryl methyl sites for hydroxylation is 4. The topological polar surface area (TPSA) is 465 Å². The molecule has 33 nitrogen and oxygen atoms in total. The summed E-state index contributed by atoms with van der Waals surface area (Å²) >= 11 is 7.62. The van der Waals surface area contributed by atoms with Crippen LogP contribution in [0.25, 0.3) is 0 Å². The molecule has 0 aromatic heterocycles. The van der Waals surface area contributed by atoms with Gasteiger partial charge in [0.25, 0.3) is 11.8 Å². The first kappa shape index (κ1) is 118. The van der Waals surface area contributed by atoms with E-state index in [0.717, 1.165) is 151 Å². The van der Waals surface area contributed by atoms with Gasteiger partial charge in [-0.2, -0.15) is 6.42 Å². The van der Waals surface area contributed by atoms with Crippen molar-refractivity contribution in [2.45, 2.75) is 285 Å². The molecular formula is C94H133Br2N7O26S5Zn. The zero-order valence-corrected chi connectivity index (χ0v) is 90.6. The number of carbonyl (C=O) groups excluding carboxylic acids is 4. The van der Waals surface area contributed by atoms with Gasteiger partial charge in [0.15, 0.2) is 79.2 Å². The van der Waals surface area contributed by atoms with Crippen LogP contribution >= 0.6 is 29.6 Å². The Labute approximate surface area is 822 Å². The maximum atomic E-state index is 12.8. The average molecular weight is 2160 g/mol. The molecule has 4 N–H and O–H groups in total. The van der Waals surface area contributed by atoms with Crippen molar-refractivity contribution in [2.24, 2.45) is 25.8 Å². The molecule has 1 unspecified atom stereocenters. The summed E-state index contributed by atoms with van der Waals surface area (Å²) in [5, 5.41) is 38.5. The van der Waals surface area contributed by atoms with Gasteiger partial charge in [0.2, 0.25) is 0 Å². The fourth-order valence-electron chi connectivity index (χ4n) is 14.7. The van der Waals surface area contributed by atoms with Crippen LogP contribution in [0.4, 0.5) is 0 Å². The van der Waals surface area contributed by atoms with Gasteiger partial charge in [-0.1, -0.05) is 211 Å². The van der Waals surface area contributed by atoms with Gasteiger partial charge in [-0.15, -0.1) is 0 Å². The number of hydrogen-bond acceptors (Lipinski definition) is 30. The van der Waals surface area contributed by atoms with Crippen LogP contribution in [-0.4, -0.2) is 222 Å². The van der Waals surface area contributed by atoms with E-state index in [1.807, 2.05) is 104 Å². The number of carboxylic acids is 1. The fraction of sp³-hybridized carbons (Fsp3) is 0.564. The molecule has 746 valence electrons. The molecule has 41 heteroatoms. The maximum absolute atomic E-state index is 12.8. The first-order chi connectivity index (χ1) is 63.4. The molecule has 0 spiro atoms. The Morgan fingerprint density at radius 3 is 0.881 bits per heavy atom. The van der Waals surface area contributed by atoms with Gasteiger partial charge in [0.1, 0.15) is 30.5 Å². The SMILES string of the molecule is CCCc1ccc(C2=NO[C@@H](C[C@](C)(C(=O)NO)S(C)(=O)=O)C2)cc1.CCCc1ccc(C2=NO[C@@H](C[C@](C)(C(=O)NOC3CCCCO3)S(C)(=O)=O)C2)cc1.CCCc1ccc(C2=NO[C@@H](C[C@](C)(C(=O)O)S(C)(=O)=O)C2)cc1.CCCc1ccc(C2=NO[C@@H](C[C@](C)(C(=O)OCC)S(C)(=O)=O)C2)cc1.CCOC(=O)[C@@](C)(C[C@H]1CC(c2ccc(Br)cc2)=NO1)S(C)(=O)=O.[CH2-]CC.[Zn+][Br]. The molecule has 0 aliphatic carbocycles. The molecule has 0 saturated carbocycles. The molecule has 5 aromatic carbocycles. The summed E-state index contributed by atoms with van der Waals surface area (Å²) in [4.78, 5) is 92.9. The average Bonchev–Trinajstić information content (AvgIpc) is 1.75. The van der Waals surface area contributed by atoms with Gasteiger partial charge in [-0.3, -0.25) is 29.2 Å². The Morgan fingerprint density at radius 2 is 0.659 bits per heavy atom. The molecule has 6 heterocycles. The summed E-state index contributed by atoms with van der Waals surface area (Å²) in [6.07, 6.45) is 15.6.